The molecule has 0 aliphatic rings. The molecular formula is C23H45NO3. The van der Waals surface area contributed by atoms with Gasteiger partial charge in [-0.15, -0.1) is 0 Å². The zero-order valence-electron chi connectivity index (χ0n) is 18.2. The molecule has 27 heavy (non-hydrogen) atoms. The fraction of sp³-hybridized carbons (Fsp3) is 0.913. The number of carbonyl (C=O) groups is 2. The van der Waals surface area contributed by atoms with Gasteiger partial charge in [0.05, 0.1) is 0 Å². The number of unbranched alkanes of at least 4 members (excludes halogenated alkanes) is 13. The van der Waals surface area contributed by atoms with Gasteiger partial charge in [-0.1, -0.05) is 111 Å². The van der Waals surface area contributed by atoms with Gasteiger partial charge < -0.3 is 10.4 Å². The van der Waals surface area contributed by atoms with Crippen LogP contribution in [0.25, 0.3) is 0 Å². The lowest BCUT2D eigenvalue weighted by atomic mass is 9.99. The van der Waals surface area contributed by atoms with Crippen molar-refractivity contribution in [1.82, 2.24) is 5.32 Å². The van der Waals surface area contributed by atoms with Crippen LogP contribution >= 0.6 is 0 Å². The highest BCUT2D eigenvalue weighted by molar-refractivity contribution is 5.83. The third-order valence-corrected chi connectivity index (χ3v) is 5.55. The van der Waals surface area contributed by atoms with Gasteiger partial charge in [0.1, 0.15) is 6.04 Å². The van der Waals surface area contributed by atoms with E-state index in [4.69, 9.17) is 0 Å². The molecule has 0 spiro atoms. The molecule has 4 heteroatoms. The minimum atomic E-state index is -0.932. The van der Waals surface area contributed by atoms with Crippen molar-refractivity contribution >= 4 is 11.9 Å². The second-order valence-electron chi connectivity index (χ2n) is 8.12. The van der Waals surface area contributed by atoms with Gasteiger partial charge in [0.2, 0.25) is 5.91 Å². The Morgan fingerprint density at radius 2 is 1.15 bits per heavy atom. The number of amides is 1. The van der Waals surface area contributed by atoms with Gasteiger partial charge in [0.25, 0.3) is 0 Å². The molecule has 0 radical (unpaired) electrons. The second-order valence-corrected chi connectivity index (χ2v) is 8.12. The molecule has 0 aromatic carbocycles. The Morgan fingerprint density at radius 3 is 1.52 bits per heavy atom. The third-order valence-electron chi connectivity index (χ3n) is 5.55. The number of hydrogen-bond acceptors (Lipinski definition) is 2. The number of carboxylic acid groups (broad SMARTS) is 1. The molecular weight excluding hydrogens is 338 g/mol. The highest BCUT2D eigenvalue weighted by atomic mass is 16.4. The Kier molecular flexibility index (Phi) is 17.6. The van der Waals surface area contributed by atoms with Crippen molar-refractivity contribution in [3.05, 3.63) is 0 Å². The van der Waals surface area contributed by atoms with Crippen LogP contribution in [0.3, 0.4) is 0 Å². The molecule has 4 nitrogen and oxygen atoms in total. The van der Waals surface area contributed by atoms with Crippen LogP contribution in [-0.4, -0.2) is 23.0 Å². The molecule has 2 atom stereocenters. The average Bonchev–Trinajstić information content (AvgIpc) is 2.65. The van der Waals surface area contributed by atoms with Crippen molar-refractivity contribution in [2.24, 2.45) is 5.92 Å². The molecule has 160 valence electrons. The van der Waals surface area contributed by atoms with Gasteiger partial charge in [0, 0.05) is 6.42 Å². The van der Waals surface area contributed by atoms with Crippen molar-refractivity contribution in [2.75, 3.05) is 0 Å². The maximum atomic E-state index is 11.9. The first-order chi connectivity index (χ1) is 13.0. The monoisotopic (exact) mass is 383 g/mol. The van der Waals surface area contributed by atoms with Gasteiger partial charge in [-0.2, -0.15) is 0 Å². The van der Waals surface area contributed by atoms with Crippen molar-refractivity contribution in [3.8, 4) is 0 Å². The van der Waals surface area contributed by atoms with E-state index in [-0.39, 0.29) is 11.8 Å². The molecule has 0 bridgehead atoms. The highest BCUT2D eigenvalue weighted by Crippen LogP contribution is 2.13. The lowest BCUT2D eigenvalue weighted by Gasteiger charge is -2.20. The summed E-state index contributed by atoms with van der Waals surface area (Å²) in [5.41, 5.74) is 0. The van der Waals surface area contributed by atoms with E-state index in [0.29, 0.717) is 6.42 Å². The van der Waals surface area contributed by atoms with E-state index in [0.717, 1.165) is 19.3 Å². The van der Waals surface area contributed by atoms with Gasteiger partial charge >= 0.3 is 5.97 Å². The lowest BCUT2D eigenvalue weighted by molar-refractivity contribution is -0.143. The molecule has 0 aliphatic heterocycles. The minimum Gasteiger partial charge on any atom is -0.480 e. The smallest absolute Gasteiger partial charge is 0.326 e. The molecule has 0 aromatic heterocycles. The largest absolute Gasteiger partial charge is 0.480 e. The Labute approximate surface area is 167 Å². The first-order valence-electron chi connectivity index (χ1n) is 11.5. The summed E-state index contributed by atoms with van der Waals surface area (Å²) in [6.45, 7) is 6.07. The minimum absolute atomic E-state index is 0.0391. The number of carboxylic acids is 1. The molecule has 2 N–H and O–H groups in total. The number of rotatable bonds is 19. The Hall–Kier alpha value is -1.06. The first kappa shape index (κ1) is 25.9. The van der Waals surface area contributed by atoms with E-state index in [1.54, 1.807) is 0 Å². The standard InChI is InChI=1S/C23H45NO3/c1-4-6-7-8-9-10-11-12-13-14-15-16-17-18-19-21(25)24-22(23(26)27)20(3)5-2/h20,22H,4-19H2,1-3H3,(H,24,25)(H,26,27)/t20-,22-/m0/s1. The van der Waals surface area contributed by atoms with E-state index in [1.165, 1.54) is 77.0 Å². The van der Waals surface area contributed by atoms with Crippen LogP contribution in [0.15, 0.2) is 0 Å². The molecule has 0 unspecified atom stereocenters. The molecule has 0 saturated carbocycles. The molecule has 0 rings (SSSR count). The summed E-state index contributed by atoms with van der Waals surface area (Å²) in [7, 11) is 0. The number of aliphatic carboxylic acids is 1. The van der Waals surface area contributed by atoms with Crippen molar-refractivity contribution < 1.29 is 14.7 Å². The maximum absolute atomic E-state index is 11.9. The quantitative estimate of drug-likeness (QED) is 0.251. The lowest BCUT2D eigenvalue weighted by Crippen LogP contribution is -2.44. The molecule has 0 fully saturated rings. The number of hydrogen-bond donors (Lipinski definition) is 2. The normalized spacial score (nSPS) is 13.3. The van der Waals surface area contributed by atoms with Gasteiger partial charge in [-0.05, 0) is 12.3 Å². The molecule has 1 amide bonds. The van der Waals surface area contributed by atoms with E-state index >= 15 is 0 Å². The zero-order valence-corrected chi connectivity index (χ0v) is 18.2. The van der Waals surface area contributed by atoms with E-state index in [2.05, 4.69) is 12.2 Å². The summed E-state index contributed by atoms with van der Waals surface area (Å²) < 4.78 is 0. The Bertz CT molecular complexity index is 371. The third kappa shape index (κ3) is 15.7. The predicted molar refractivity (Wildman–Crippen MR) is 114 cm³/mol. The summed E-state index contributed by atoms with van der Waals surface area (Å²) >= 11 is 0. The van der Waals surface area contributed by atoms with Gasteiger partial charge in [-0.25, -0.2) is 4.79 Å². The maximum Gasteiger partial charge on any atom is 0.326 e. The number of nitrogens with one attached hydrogen (secondary N) is 1. The second kappa shape index (κ2) is 18.3. The van der Waals surface area contributed by atoms with E-state index in [1.807, 2.05) is 13.8 Å². The summed E-state index contributed by atoms with van der Waals surface area (Å²) in [5, 5.41) is 11.9. The number of carbonyl (C=O) groups excluding carboxylic acids is 1. The molecule has 0 aromatic rings. The van der Waals surface area contributed by atoms with Crippen LogP contribution in [0.1, 0.15) is 124 Å². The topological polar surface area (TPSA) is 66.4 Å². The van der Waals surface area contributed by atoms with Crippen LogP contribution in [0, 0.1) is 5.92 Å². The summed E-state index contributed by atoms with van der Waals surface area (Å²) in [6.07, 6.45) is 19.3. The van der Waals surface area contributed by atoms with E-state index in [9.17, 15) is 14.7 Å². The van der Waals surface area contributed by atoms with Crippen LogP contribution in [0.5, 0.6) is 0 Å². The van der Waals surface area contributed by atoms with Crippen molar-refractivity contribution in [1.29, 1.82) is 0 Å². The fourth-order valence-corrected chi connectivity index (χ4v) is 3.41. The van der Waals surface area contributed by atoms with Crippen LogP contribution in [0.2, 0.25) is 0 Å². The fourth-order valence-electron chi connectivity index (χ4n) is 3.41. The van der Waals surface area contributed by atoms with Crippen LogP contribution in [0.4, 0.5) is 0 Å². The van der Waals surface area contributed by atoms with Crippen LogP contribution in [-0.2, 0) is 9.59 Å². The van der Waals surface area contributed by atoms with Crippen LogP contribution < -0.4 is 5.32 Å². The summed E-state index contributed by atoms with van der Waals surface area (Å²) in [4.78, 5) is 23.1. The SMILES string of the molecule is CCCCCCCCCCCCCCCCC(=O)N[C@H](C(=O)O)[C@@H](C)CC. The Balaban J connectivity index is 3.46. The molecule has 0 saturated heterocycles. The average molecular weight is 384 g/mol. The molecule has 0 heterocycles. The molecule has 0 aliphatic carbocycles. The van der Waals surface area contributed by atoms with E-state index < -0.39 is 12.0 Å². The first-order valence-corrected chi connectivity index (χ1v) is 11.5. The zero-order chi connectivity index (χ0) is 20.3. The van der Waals surface area contributed by atoms with Gasteiger partial charge in [-0.3, -0.25) is 4.79 Å². The summed E-state index contributed by atoms with van der Waals surface area (Å²) in [5.74, 6) is -1.09. The summed E-state index contributed by atoms with van der Waals surface area (Å²) in [6, 6.07) is -0.755. The van der Waals surface area contributed by atoms with Crippen molar-refractivity contribution in [2.45, 2.75) is 130 Å². The Morgan fingerprint density at radius 1 is 0.741 bits per heavy atom. The van der Waals surface area contributed by atoms with Crippen molar-refractivity contribution in [3.63, 3.8) is 0 Å². The van der Waals surface area contributed by atoms with Gasteiger partial charge in [0.15, 0.2) is 0 Å². The highest BCUT2D eigenvalue weighted by Gasteiger charge is 2.24. The predicted octanol–water partition coefficient (Wildman–Crippen LogP) is 6.47.